The number of ether oxygens (including phenoxy) is 1. The Kier molecular flexibility index (Phi) is 5.45. The number of fused-ring (bicyclic) bond motifs is 1. The summed E-state index contributed by atoms with van der Waals surface area (Å²) in [6, 6.07) is 11.7. The van der Waals surface area contributed by atoms with E-state index in [1.807, 2.05) is 24.3 Å². The number of Topliss-reactive ketones (excluding diaryl/α,β-unsaturated/α-hetero) is 1. The first-order chi connectivity index (χ1) is 14.7. The minimum absolute atomic E-state index is 0.00315. The van der Waals surface area contributed by atoms with E-state index in [1.54, 1.807) is 19.9 Å². The number of rotatable bonds is 7. The van der Waals surface area contributed by atoms with Crippen molar-refractivity contribution in [1.29, 1.82) is 0 Å². The van der Waals surface area contributed by atoms with E-state index in [4.69, 9.17) is 4.74 Å². The second-order valence-corrected chi connectivity index (χ2v) is 9.67. The third-order valence-corrected chi connectivity index (χ3v) is 6.95. The summed E-state index contributed by atoms with van der Waals surface area (Å²) < 4.78 is 33.0. The van der Waals surface area contributed by atoms with Gasteiger partial charge in [-0.15, -0.1) is 0 Å². The maximum atomic E-state index is 13.0. The van der Waals surface area contributed by atoms with Crippen molar-refractivity contribution in [3.05, 3.63) is 64.8 Å². The van der Waals surface area contributed by atoms with Gasteiger partial charge in [-0.25, -0.2) is 17.9 Å². The molecule has 1 aliphatic rings. The number of H-pyrrole nitrogens is 1. The van der Waals surface area contributed by atoms with Crippen LogP contribution in [-0.2, 0) is 14.8 Å². The first-order valence-electron chi connectivity index (χ1n) is 10.1. The second-order valence-electron chi connectivity index (χ2n) is 7.95. The fraction of sp³-hybridized carbons (Fsp3) is 0.304. The smallest absolute Gasteiger partial charge is 0.339 e. The molecule has 0 aliphatic heterocycles. The minimum Gasteiger partial charge on any atom is -0.451 e. The average molecular weight is 441 g/mol. The molecular weight excluding hydrogens is 416 g/mol. The number of nitrogens with one attached hydrogen (secondary N) is 2. The van der Waals surface area contributed by atoms with E-state index in [1.165, 1.54) is 19.1 Å². The highest BCUT2D eigenvalue weighted by atomic mass is 32.2. The predicted octanol–water partition coefficient (Wildman–Crippen LogP) is 3.65. The molecule has 4 rings (SSSR count). The number of aryl methyl sites for hydroxylation is 2. The molecular formula is C23H24N2O5S. The molecule has 162 valence electrons. The van der Waals surface area contributed by atoms with E-state index in [9.17, 15) is 18.0 Å². The number of esters is 1. The highest BCUT2D eigenvalue weighted by Crippen LogP contribution is 2.26. The molecule has 1 fully saturated rings. The van der Waals surface area contributed by atoms with Crippen LogP contribution in [0.25, 0.3) is 10.9 Å². The fourth-order valence-corrected chi connectivity index (χ4v) is 4.88. The Hall–Kier alpha value is -2.97. The van der Waals surface area contributed by atoms with Crippen molar-refractivity contribution in [3.8, 4) is 0 Å². The normalized spacial score (nSPS) is 15.1. The van der Waals surface area contributed by atoms with Gasteiger partial charge in [-0.05, 0) is 57.4 Å². The van der Waals surface area contributed by atoms with Crippen LogP contribution in [0.2, 0.25) is 0 Å². The number of aromatic amines is 1. The van der Waals surface area contributed by atoms with Crippen LogP contribution >= 0.6 is 0 Å². The van der Waals surface area contributed by atoms with E-state index in [2.05, 4.69) is 9.71 Å². The summed E-state index contributed by atoms with van der Waals surface area (Å²) in [5.74, 6) is -1.06. The zero-order valence-corrected chi connectivity index (χ0v) is 18.4. The Morgan fingerprint density at radius 2 is 1.84 bits per heavy atom. The molecule has 8 heteroatoms. The van der Waals surface area contributed by atoms with Crippen LogP contribution < -0.4 is 4.72 Å². The van der Waals surface area contributed by atoms with Crippen LogP contribution in [0.1, 0.15) is 51.7 Å². The van der Waals surface area contributed by atoms with Crippen molar-refractivity contribution in [2.24, 2.45) is 0 Å². The summed E-state index contributed by atoms with van der Waals surface area (Å²) >= 11 is 0. The van der Waals surface area contributed by atoms with Crippen LogP contribution in [0.15, 0.2) is 47.4 Å². The summed E-state index contributed by atoms with van der Waals surface area (Å²) in [6.45, 7) is 5.01. The standard InChI is InChI=1S/C23H24N2O5S/c1-13-8-11-17(31(28,29)25-16-9-10-16)12-19(13)23(27)30-15(3)22(26)21-14(2)24-20-7-5-4-6-18(20)21/h4-8,11-12,15-16,24-25H,9-10H2,1-3H3. The number of carbonyl (C=O) groups excluding carboxylic acids is 2. The van der Waals surface area contributed by atoms with Crippen LogP contribution in [0.3, 0.4) is 0 Å². The largest absolute Gasteiger partial charge is 0.451 e. The SMILES string of the molecule is Cc1ccc(S(=O)(=O)NC2CC2)cc1C(=O)OC(C)C(=O)c1c(C)[nH]c2ccccc12. The van der Waals surface area contributed by atoms with E-state index in [0.29, 0.717) is 16.8 Å². The molecule has 1 aliphatic carbocycles. The van der Waals surface area contributed by atoms with Gasteiger partial charge in [-0.2, -0.15) is 0 Å². The zero-order chi connectivity index (χ0) is 22.3. The van der Waals surface area contributed by atoms with Gasteiger partial charge in [0.2, 0.25) is 15.8 Å². The quantitative estimate of drug-likeness (QED) is 0.431. The van der Waals surface area contributed by atoms with Gasteiger partial charge < -0.3 is 9.72 Å². The molecule has 31 heavy (non-hydrogen) atoms. The molecule has 1 aromatic heterocycles. The van der Waals surface area contributed by atoms with Crippen molar-refractivity contribution in [1.82, 2.24) is 9.71 Å². The first kappa shape index (κ1) is 21.3. The lowest BCUT2D eigenvalue weighted by molar-refractivity contribution is 0.0318. The monoisotopic (exact) mass is 440 g/mol. The third-order valence-electron chi connectivity index (χ3n) is 5.43. The highest BCUT2D eigenvalue weighted by molar-refractivity contribution is 7.89. The number of hydrogen-bond donors (Lipinski definition) is 2. The summed E-state index contributed by atoms with van der Waals surface area (Å²) in [6.07, 6.45) is 0.592. The van der Waals surface area contributed by atoms with Crippen LogP contribution in [0.5, 0.6) is 0 Å². The Bertz CT molecular complexity index is 1290. The van der Waals surface area contributed by atoms with Crippen molar-refractivity contribution in [2.75, 3.05) is 0 Å². The summed E-state index contributed by atoms with van der Waals surface area (Å²) in [7, 11) is -3.71. The minimum atomic E-state index is -3.71. The van der Waals surface area contributed by atoms with E-state index in [-0.39, 0.29) is 22.3 Å². The van der Waals surface area contributed by atoms with Gasteiger partial charge in [0, 0.05) is 28.2 Å². The first-order valence-corrected chi connectivity index (χ1v) is 11.6. The van der Waals surface area contributed by atoms with Gasteiger partial charge >= 0.3 is 5.97 Å². The van der Waals surface area contributed by atoms with Crippen molar-refractivity contribution in [3.63, 3.8) is 0 Å². The number of carbonyl (C=O) groups is 2. The van der Waals surface area contributed by atoms with E-state index >= 15 is 0 Å². The summed E-state index contributed by atoms with van der Waals surface area (Å²) in [5.41, 5.74) is 2.70. The molecule has 1 unspecified atom stereocenters. The van der Waals surface area contributed by atoms with Gasteiger partial charge in [-0.1, -0.05) is 24.3 Å². The molecule has 0 spiro atoms. The predicted molar refractivity (Wildman–Crippen MR) is 117 cm³/mol. The van der Waals surface area contributed by atoms with Gasteiger partial charge in [-0.3, -0.25) is 4.79 Å². The molecule has 3 aromatic rings. The molecule has 0 saturated heterocycles. The lowest BCUT2D eigenvalue weighted by atomic mass is 10.0. The molecule has 0 amide bonds. The maximum Gasteiger partial charge on any atom is 0.339 e. The van der Waals surface area contributed by atoms with Crippen molar-refractivity contribution in [2.45, 2.75) is 50.7 Å². The molecule has 0 radical (unpaired) electrons. The summed E-state index contributed by atoms with van der Waals surface area (Å²) in [5, 5.41) is 0.767. The van der Waals surface area contributed by atoms with Crippen molar-refractivity contribution >= 4 is 32.7 Å². The molecule has 7 nitrogen and oxygen atoms in total. The van der Waals surface area contributed by atoms with Gasteiger partial charge in [0.15, 0.2) is 6.10 Å². The molecule has 0 bridgehead atoms. The average Bonchev–Trinajstić information content (AvgIpc) is 3.45. The highest BCUT2D eigenvalue weighted by Gasteiger charge is 2.29. The fourth-order valence-electron chi connectivity index (χ4n) is 3.55. The summed E-state index contributed by atoms with van der Waals surface area (Å²) in [4.78, 5) is 29.0. The Balaban J connectivity index is 1.57. The molecule has 1 atom stereocenters. The van der Waals surface area contributed by atoms with Crippen molar-refractivity contribution < 1.29 is 22.7 Å². The molecule has 1 saturated carbocycles. The van der Waals surface area contributed by atoms with E-state index < -0.39 is 22.1 Å². The number of aromatic nitrogens is 1. The van der Waals surface area contributed by atoms with Crippen LogP contribution in [-0.4, -0.2) is 37.3 Å². The molecule has 1 heterocycles. The van der Waals surface area contributed by atoms with E-state index in [0.717, 1.165) is 23.7 Å². The second kappa shape index (κ2) is 7.94. The Morgan fingerprint density at radius 1 is 1.13 bits per heavy atom. The lowest BCUT2D eigenvalue weighted by Crippen LogP contribution is -2.27. The number of ketones is 1. The Labute approximate surface area is 180 Å². The molecule has 2 N–H and O–H groups in total. The van der Waals surface area contributed by atoms with Gasteiger partial charge in [0.05, 0.1) is 10.5 Å². The maximum absolute atomic E-state index is 13.0. The number of para-hydroxylation sites is 1. The molecule has 2 aromatic carbocycles. The van der Waals surface area contributed by atoms with Gasteiger partial charge in [0.1, 0.15) is 0 Å². The number of hydrogen-bond acceptors (Lipinski definition) is 5. The lowest BCUT2D eigenvalue weighted by Gasteiger charge is -2.15. The van der Waals surface area contributed by atoms with Gasteiger partial charge in [0.25, 0.3) is 0 Å². The zero-order valence-electron chi connectivity index (χ0n) is 17.6. The number of benzene rings is 2. The topological polar surface area (TPSA) is 105 Å². The van der Waals surface area contributed by atoms with Crippen LogP contribution in [0.4, 0.5) is 0 Å². The number of sulfonamides is 1. The third kappa shape index (κ3) is 4.26. The Morgan fingerprint density at radius 3 is 2.55 bits per heavy atom. The van der Waals surface area contributed by atoms with Crippen LogP contribution in [0, 0.1) is 13.8 Å².